The number of hydrogen-bond acceptors (Lipinski definition) is 12. The SMILES string of the molecule is COc1c(C)c(OC(C)=O)c2c(c1O)C1N3[C@H](C4N(C)[C@H](C3(C)O)[C@@]3(C)c5cc(C)c(C)c(O)c5C43C)[C@@H]2SC[C@H](NC(C)=O)C(=O)OC1(C)C.[HH].[HH].[HH].[HH].[HH].[HH].[HH].[HH].[HH].[HH].[HH].[HH].[HH]. The highest BCUT2D eigenvalue weighted by Gasteiger charge is 2.82. The summed E-state index contributed by atoms with van der Waals surface area (Å²) in [6.45, 7) is 17.8. The van der Waals surface area contributed by atoms with Gasteiger partial charge in [0.05, 0.1) is 24.4 Å². The summed E-state index contributed by atoms with van der Waals surface area (Å²) in [7, 11) is 3.44. The van der Waals surface area contributed by atoms with Gasteiger partial charge < -0.3 is 34.8 Å². The van der Waals surface area contributed by atoms with Crippen LogP contribution < -0.4 is 14.8 Å². The molecule has 4 aliphatic heterocycles. The molecule has 12 nitrogen and oxygen atoms in total. The van der Waals surface area contributed by atoms with Gasteiger partial charge in [-0.1, -0.05) is 19.9 Å². The molecule has 3 fully saturated rings. The number of nitrogens with zero attached hydrogens (tertiary/aromatic N) is 2. The summed E-state index contributed by atoms with van der Waals surface area (Å²) in [6, 6.07) is -1.31. The molecule has 3 saturated heterocycles. The first kappa shape index (κ1) is 35.9. The first-order valence-corrected chi connectivity index (χ1v) is 18.5. The summed E-state index contributed by atoms with van der Waals surface area (Å²) in [6.07, 6.45) is 0. The number of carbonyl (C=O) groups excluding carboxylic acids is 3. The zero-order valence-corrected chi connectivity index (χ0v) is 32.2. The number of amides is 1. The number of cyclic esters (lactones) is 1. The average Bonchev–Trinajstić information content (AvgIpc) is 3.14. The van der Waals surface area contributed by atoms with Crippen LogP contribution in [-0.2, 0) is 30.0 Å². The average molecular weight is 750 g/mol. The summed E-state index contributed by atoms with van der Waals surface area (Å²) in [5.41, 5.74) is 0.448. The molecule has 0 saturated carbocycles. The lowest BCUT2D eigenvalue weighted by Crippen LogP contribution is -2.76. The maximum atomic E-state index is 13.9. The van der Waals surface area contributed by atoms with E-state index in [2.05, 4.69) is 30.1 Å². The van der Waals surface area contributed by atoms with Crippen LogP contribution in [0, 0.1) is 20.8 Å². The number of esters is 2. The third-order valence-electron chi connectivity index (χ3n) is 13.1. The van der Waals surface area contributed by atoms with E-state index in [1.54, 1.807) is 27.7 Å². The maximum Gasteiger partial charge on any atom is 0.330 e. The predicted octanol–water partition coefficient (Wildman–Crippen LogP) is 7.13. The molecule has 0 aromatic heterocycles. The predicted molar refractivity (Wildman–Crippen MR) is 218 cm³/mol. The van der Waals surface area contributed by atoms with Gasteiger partial charge in [-0.05, 0) is 65.3 Å². The molecule has 5 aliphatic rings. The monoisotopic (exact) mass is 750 g/mol. The van der Waals surface area contributed by atoms with Crippen LogP contribution in [0.25, 0.3) is 0 Å². The Morgan fingerprint density at radius 3 is 2.25 bits per heavy atom. The maximum absolute atomic E-state index is 13.9. The molecule has 4 heterocycles. The lowest BCUT2D eigenvalue weighted by Gasteiger charge is -2.64. The van der Waals surface area contributed by atoms with Gasteiger partial charge in [0.15, 0.2) is 11.5 Å². The van der Waals surface area contributed by atoms with Crippen LogP contribution in [0.3, 0.4) is 0 Å². The lowest BCUT2D eigenvalue weighted by molar-refractivity contribution is -0.247. The van der Waals surface area contributed by atoms with Gasteiger partial charge in [-0.2, -0.15) is 0 Å². The summed E-state index contributed by atoms with van der Waals surface area (Å²) in [5, 5.41) is 39.6. The minimum absolute atomic E-state index is 0. The van der Waals surface area contributed by atoms with Gasteiger partial charge >= 0.3 is 11.9 Å². The van der Waals surface area contributed by atoms with Gasteiger partial charge in [-0.3, -0.25) is 19.4 Å². The topological polar surface area (TPSA) is 158 Å². The number of carbonyl (C=O) groups is 3. The molecule has 302 valence electrons. The third kappa shape index (κ3) is 4.23. The fraction of sp³-hybridized carbons (Fsp3) is 0.605. The largest absolute Gasteiger partial charge is 0.507 e. The highest BCUT2D eigenvalue weighted by molar-refractivity contribution is 7.99. The molecular formula is C38H75N3O9S. The molecule has 4 unspecified atom stereocenters. The first-order chi connectivity index (χ1) is 23.6. The van der Waals surface area contributed by atoms with Crippen molar-refractivity contribution in [2.75, 3.05) is 19.9 Å². The third-order valence-corrected chi connectivity index (χ3v) is 14.4. The van der Waals surface area contributed by atoms with Crippen LogP contribution >= 0.6 is 11.8 Å². The van der Waals surface area contributed by atoms with Gasteiger partial charge in [-0.25, -0.2) is 4.79 Å². The minimum Gasteiger partial charge on any atom is -0.507 e. The van der Waals surface area contributed by atoms with E-state index in [9.17, 15) is 29.7 Å². The van der Waals surface area contributed by atoms with Crippen molar-refractivity contribution in [3.05, 3.63) is 45.0 Å². The van der Waals surface area contributed by atoms with E-state index >= 15 is 0 Å². The van der Waals surface area contributed by atoms with Crippen LogP contribution in [0.4, 0.5) is 0 Å². The molecule has 9 atom stereocenters. The Morgan fingerprint density at radius 2 is 1.67 bits per heavy atom. The molecule has 7 rings (SSSR count). The van der Waals surface area contributed by atoms with Crippen molar-refractivity contribution in [1.82, 2.24) is 15.1 Å². The van der Waals surface area contributed by atoms with Crippen LogP contribution in [0.2, 0.25) is 0 Å². The number of thioether (sulfide) groups is 1. The standard InChI is InChI=1S/C38H49N3O9S.13H2/c1-15-13-20-24(26(44)16(15)2)37(9)32-25-30-23-22(27(45)29(48-12)17(3)28(23)49-19(5)43)31(41(25)38(10,47)34(40(32)11)36(20,37)8)35(6,7)50-33(46)21(14-51-30)39-18(4)42;;;;;;;;;;;;;/h13,21,25,30-32,34,44-45,47H,14H2,1-12H3,(H,39,42);13*1H/t21-,25-,30+,31?,32?,34-,36+,37?,38?;;;;;;;;;;;;;/m0............./s1. The van der Waals surface area contributed by atoms with Crippen molar-refractivity contribution in [3.63, 3.8) is 0 Å². The summed E-state index contributed by atoms with van der Waals surface area (Å²) in [5.74, 6) is -1.16. The number of aromatic hydroxyl groups is 2. The summed E-state index contributed by atoms with van der Waals surface area (Å²) >= 11 is 1.37. The Balaban J connectivity index is -0.000000500. The number of aryl methyl sites for hydroxylation is 1. The molecule has 2 aromatic carbocycles. The minimum atomic E-state index is -1.62. The molecule has 51 heavy (non-hydrogen) atoms. The van der Waals surface area contributed by atoms with Gasteiger partial charge in [0.1, 0.15) is 28.9 Å². The Bertz CT molecular complexity index is 1970. The number of benzene rings is 2. The Labute approximate surface area is 322 Å². The molecule has 0 spiro atoms. The summed E-state index contributed by atoms with van der Waals surface area (Å²) < 4.78 is 18.1. The number of methoxy groups -OCH3 is 1. The molecule has 1 amide bonds. The van der Waals surface area contributed by atoms with Crippen molar-refractivity contribution in [3.8, 4) is 23.0 Å². The quantitative estimate of drug-likeness (QED) is 0.186. The number of rotatable bonds is 3. The highest BCUT2D eigenvalue weighted by atomic mass is 32.2. The van der Waals surface area contributed by atoms with E-state index in [-0.39, 0.29) is 53.3 Å². The second kappa shape index (κ2) is 11.0. The van der Waals surface area contributed by atoms with Crippen LogP contribution in [0.15, 0.2) is 6.07 Å². The van der Waals surface area contributed by atoms with Crippen molar-refractivity contribution >= 4 is 29.6 Å². The van der Waals surface area contributed by atoms with Crippen molar-refractivity contribution < 1.29 is 62.5 Å². The number of ether oxygens (including phenoxy) is 3. The molecule has 2 aromatic rings. The number of fused-ring (bicyclic) bond motifs is 11. The molecule has 0 radical (unpaired) electrons. The number of piperazine rings is 1. The van der Waals surface area contributed by atoms with Gasteiger partial charge in [0, 0.05) is 83.3 Å². The van der Waals surface area contributed by atoms with E-state index < -0.39 is 69.4 Å². The smallest absolute Gasteiger partial charge is 0.330 e. The van der Waals surface area contributed by atoms with E-state index in [0.717, 1.165) is 22.3 Å². The second-order valence-electron chi connectivity index (χ2n) is 16.2. The van der Waals surface area contributed by atoms with Crippen LogP contribution in [-0.4, -0.2) is 98.4 Å². The molecule has 1 aliphatic carbocycles. The Kier molecular flexibility index (Phi) is 7.74. The zero-order valence-electron chi connectivity index (χ0n) is 31.3. The van der Waals surface area contributed by atoms with E-state index in [1.165, 1.54) is 32.7 Å². The van der Waals surface area contributed by atoms with Gasteiger partial charge in [0.2, 0.25) is 5.91 Å². The van der Waals surface area contributed by atoms with E-state index in [1.807, 2.05) is 25.8 Å². The molecular weight excluding hydrogens is 674 g/mol. The van der Waals surface area contributed by atoms with Gasteiger partial charge in [-0.15, -0.1) is 11.8 Å². The molecule has 4 N–H and O–H groups in total. The van der Waals surface area contributed by atoms with Crippen molar-refractivity contribution in [1.29, 1.82) is 0 Å². The first-order valence-electron chi connectivity index (χ1n) is 17.4. The number of phenolic OH excluding ortho intramolecular Hbond substituents is 2. The number of hydrogen-bond donors (Lipinski definition) is 4. The normalized spacial score (nSPS) is 36.1. The Morgan fingerprint density at radius 1 is 1.02 bits per heavy atom. The van der Waals surface area contributed by atoms with E-state index in [4.69, 9.17) is 14.2 Å². The lowest BCUT2D eigenvalue weighted by atomic mass is 9.44. The molecule has 13 heteroatoms. The molecule has 4 bridgehead atoms. The Hall–Kier alpha value is -3.52. The summed E-state index contributed by atoms with van der Waals surface area (Å²) in [4.78, 5) is 43.4. The zero-order chi connectivity index (χ0) is 37.7. The van der Waals surface area contributed by atoms with Crippen LogP contribution in [0.1, 0.15) is 117 Å². The second-order valence-corrected chi connectivity index (χ2v) is 17.4. The number of phenols is 2. The van der Waals surface area contributed by atoms with Gasteiger partial charge in [0.25, 0.3) is 0 Å². The van der Waals surface area contributed by atoms with Crippen molar-refractivity contribution in [2.24, 2.45) is 0 Å². The van der Waals surface area contributed by atoms with Crippen LogP contribution in [0.5, 0.6) is 23.0 Å². The number of likely N-dealkylation sites (N-methyl/N-ethyl adjacent to an activating group) is 1. The van der Waals surface area contributed by atoms with E-state index in [0.29, 0.717) is 16.7 Å². The number of nitrogens with one attached hydrogen (secondary N) is 1. The van der Waals surface area contributed by atoms with Crippen molar-refractivity contribution in [2.45, 2.75) is 127 Å². The fourth-order valence-corrected chi connectivity index (χ4v) is 12.6. The highest BCUT2D eigenvalue weighted by Crippen LogP contribution is 2.75. The number of aliphatic hydroxyl groups is 1. The fourth-order valence-electron chi connectivity index (χ4n) is 11.1.